The van der Waals surface area contributed by atoms with Gasteiger partial charge in [0.25, 0.3) is 5.56 Å². The normalized spacial score (nSPS) is 29.8. The third-order valence-corrected chi connectivity index (χ3v) is 3.67. The average molecular weight is 283 g/mol. The van der Waals surface area contributed by atoms with Crippen molar-refractivity contribution in [1.82, 2.24) is 14.5 Å². The molecule has 0 bridgehead atoms. The minimum atomic E-state index is -1.31. The maximum absolute atomic E-state index is 11.9. The van der Waals surface area contributed by atoms with Crippen molar-refractivity contribution in [2.75, 3.05) is 0 Å². The lowest BCUT2D eigenvalue weighted by molar-refractivity contribution is -0.134. The van der Waals surface area contributed by atoms with Crippen LogP contribution in [0, 0.1) is 6.92 Å². The van der Waals surface area contributed by atoms with Crippen molar-refractivity contribution in [2.45, 2.75) is 45.2 Å². The number of aliphatic hydroxyl groups excluding tert-OH is 2. The van der Waals surface area contributed by atoms with Crippen molar-refractivity contribution in [3.63, 3.8) is 0 Å². The van der Waals surface area contributed by atoms with E-state index in [1.165, 1.54) is 24.9 Å². The Bertz CT molecular complexity index is 649. The summed E-state index contributed by atoms with van der Waals surface area (Å²) in [6.45, 7) is 4.38. The number of amides is 1. The van der Waals surface area contributed by atoms with Gasteiger partial charge in [-0.05, 0) is 13.8 Å². The predicted molar refractivity (Wildman–Crippen MR) is 69.1 cm³/mol. The van der Waals surface area contributed by atoms with Gasteiger partial charge in [0, 0.05) is 18.7 Å². The molecule has 1 saturated heterocycles. The Kier molecular flexibility index (Phi) is 3.53. The fourth-order valence-corrected chi connectivity index (χ4v) is 2.59. The van der Waals surface area contributed by atoms with Crippen LogP contribution in [0.3, 0.4) is 0 Å². The van der Waals surface area contributed by atoms with E-state index in [2.05, 4.69) is 4.98 Å². The van der Waals surface area contributed by atoms with Crippen molar-refractivity contribution in [1.29, 1.82) is 0 Å². The predicted octanol–water partition coefficient (Wildman–Crippen LogP) is -1.68. The van der Waals surface area contributed by atoms with E-state index in [9.17, 15) is 24.6 Å². The van der Waals surface area contributed by atoms with E-state index >= 15 is 0 Å². The summed E-state index contributed by atoms with van der Waals surface area (Å²) >= 11 is 0. The number of likely N-dealkylation sites (tertiary alicyclic amines) is 1. The number of hydrogen-bond acceptors (Lipinski definition) is 5. The number of aromatic amines is 1. The van der Waals surface area contributed by atoms with Gasteiger partial charge in [0.15, 0.2) is 0 Å². The molecule has 1 aliphatic rings. The Hall–Kier alpha value is -1.93. The van der Waals surface area contributed by atoms with Gasteiger partial charge in [-0.3, -0.25) is 19.1 Å². The quantitative estimate of drug-likeness (QED) is 0.569. The Morgan fingerprint density at radius 3 is 2.45 bits per heavy atom. The molecule has 110 valence electrons. The van der Waals surface area contributed by atoms with Crippen LogP contribution in [-0.2, 0) is 4.79 Å². The molecule has 0 radical (unpaired) electrons. The topological polar surface area (TPSA) is 116 Å². The third kappa shape index (κ3) is 2.06. The summed E-state index contributed by atoms with van der Waals surface area (Å²) < 4.78 is 1.06. The number of rotatable bonds is 1. The molecule has 0 spiro atoms. The van der Waals surface area contributed by atoms with Crippen LogP contribution in [-0.4, -0.2) is 48.8 Å². The number of aryl methyl sites for hydroxylation is 1. The highest BCUT2D eigenvalue weighted by molar-refractivity contribution is 5.74. The zero-order valence-corrected chi connectivity index (χ0v) is 11.4. The molecule has 0 saturated carbocycles. The minimum absolute atomic E-state index is 0.273. The molecule has 1 aromatic heterocycles. The van der Waals surface area contributed by atoms with Gasteiger partial charge < -0.3 is 15.1 Å². The monoisotopic (exact) mass is 283 g/mol. The Morgan fingerprint density at radius 2 is 1.90 bits per heavy atom. The first-order valence-corrected chi connectivity index (χ1v) is 6.22. The first kappa shape index (κ1) is 14.5. The zero-order valence-electron chi connectivity index (χ0n) is 11.4. The van der Waals surface area contributed by atoms with Crippen LogP contribution >= 0.6 is 0 Å². The van der Waals surface area contributed by atoms with Crippen LogP contribution in [0.15, 0.2) is 15.8 Å². The number of H-pyrrole nitrogens is 1. The lowest BCUT2D eigenvalue weighted by Gasteiger charge is -2.28. The van der Waals surface area contributed by atoms with Crippen LogP contribution in [0.2, 0.25) is 0 Å². The molecule has 4 atom stereocenters. The zero-order chi connectivity index (χ0) is 15.2. The molecule has 1 amide bonds. The number of nitrogens with one attached hydrogen (secondary N) is 1. The molecule has 8 heteroatoms. The Balaban J connectivity index is 2.60. The lowest BCUT2D eigenvalue weighted by atomic mass is 10.1. The van der Waals surface area contributed by atoms with E-state index in [4.69, 9.17) is 0 Å². The summed E-state index contributed by atoms with van der Waals surface area (Å²) in [5.41, 5.74) is -0.992. The van der Waals surface area contributed by atoms with Crippen molar-refractivity contribution in [3.8, 4) is 0 Å². The van der Waals surface area contributed by atoms with Crippen LogP contribution in [0.25, 0.3) is 0 Å². The van der Waals surface area contributed by atoms with E-state index in [1.54, 1.807) is 6.92 Å². The van der Waals surface area contributed by atoms with E-state index in [0.29, 0.717) is 0 Å². The third-order valence-electron chi connectivity index (χ3n) is 3.67. The molecular formula is C12H17N3O5. The smallest absolute Gasteiger partial charge is 0.330 e. The minimum Gasteiger partial charge on any atom is -0.388 e. The Labute approximate surface area is 114 Å². The highest BCUT2D eigenvalue weighted by atomic mass is 16.3. The van der Waals surface area contributed by atoms with E-state index in [1.807, 2.05) is 0 Å². The largest absolute Gasteiger partial charge is 0.388 e. The first-order chi connectivity index (χ1) is 9.25. The second kappa shape index (κ2) is 4.88. The fourth-order valence-electron chi connectivity index (χ4n) is 2.59. The molecule has 0 aromatic carbocycles. The molecule has 1 aliphatic heterocycles. The van der Waals surface area contributed by atoms with Gasteiger partial charge in [0.05, 0.1) is 6.04 Å². The summed E-state index contributed by atoms with van der Waals surface area (Å²) in [6.07, 6.45) is -2.24. The number of hydrogen-bond donors (Lipinski definition) is 3. The van der Waals surface area contributed by atoms with Crippen molar-refractivity contribution < 1.29 is 15.0 Å². The molecule has 0 unspecified atom stereocenters. The van der Waals surface area contributed by atoms with Crippen molar-refractivity contribution >= 4 is 5.91 Å². The molecular weight excluding hydrogens is 266 g/mol. The van der Waals surface area contributed by atoms with Gasteiger partial charge in [0.2, 0.25) is 5.91 Å². The van der Waals surface area contributed by atoms with Crippen molar-refractivity contribution in [2.24, 2.45) is 0 Å². The highest BCUT2D eigenvalue weighted by Crippen LogP contribution is 2.31. The number of aromatic nitrogens is 2. The maximum atomic E-state index is 11.9. The van der Waals surface area contributed by atoms with Crippen LogP contribution in [0.5, 0.6) is 0 Å². The van der Waals surface area contributed by atoms with E-state index in [-0.39, 0.29) is 11.5 Å². The standard InChI is InChI=1S/C12H17N3O5/c1-5-4-14(12(20)13-10(5)19)11-9(18)8(17)6(2)15(11)7(3)16/h4,6,8-9,11,17-18H,1-3H3,(H,13,19,20)/t6-,8-,9-,11-/m1/s1. The average Bonchev–Trinajstić information content (AvgIpc) is 2.58. The highest BCUT2D eigenvalue weighted by Gasteiger charge is 2.48. The van der Waals surface area contributed by atoms with Gasteiger partial charge in [-0.15, -0.1) is 0 Å². The van der Waals surface area contributed by atoms with Gasteiger partial charge in [0.1, 0.15) is 18.4 Å². The number of aliphatic hydroxyl groups is 2. The van der Waals surface area contributed by atoms with E-state index < -0.39 is 35.7 Å². The molecule has 20 heavy (non-hydrogen) atoms. The maximum Gasteiger partial charge on any atom is 0.330 e. The van der Waals surface area contributed by atoms with Gasteiger partial charge in [-0.1, -0.05) is 0 Å². The summed E-state index contributed by atoms with van der Waals surface area (Å²) in [4.78, 5) is 38.3. The second-order valence-corrected chi connectivity index (χ2v) is 5.04. The number of carbonyl (C=O) groups is 1. The summed E-state index contributed by atoms with van der Waals surface area (Å²) in [5, 5.41) is 20.0. The number of carbonyl (C=O) groups excluding carboxylic acids is 1. The molecule has 2 heterocycles. The van der Waals surface area contributed by atoms with Crippen molar-refractivity contribution in [3.05, 3.63) is 32.6 Å². The van der Waals surface area contributed by atoms with Crippen LogP contribution in [0.4, 0.5) is 0 Å². The van der Waals surface area contributed by atoms with Gasteiger partial charge in [-0.25, -0.2) is 4.79 Å². The fraction of sp³-hybridized carbons (Fsp3) is 0.583. The summed E-state index contributed by atoms with van der Waals surface area (Å²) in [7, 11) is 0. The Morgan fingerprint density at radius 1 is 1.30 bits per heavy atom. The number of nitrogens with zero attached hydrogens (tertiary/aromatic N) is 2. The molecule has 0 aliphatic carbocycles. The van der Waals surface area contributed by atoms with Crippen LogP contribution in [0.1, 0.15) is 25.6 Å². The first-order valence-electron chi connectivity index (χ1n) is 6.22. The molecule has 8 nitrogen and oxygen atoms in total. The molecule has 2 rings (SSSR count). The molecule has 1 fully saturated rings. The second-order valence-electron chi connectivity index (χ2n) is 5.04. The van der Waals surface area contributed by atoms with Gasteiger partial charge >= 0.3 is 5.69 Å². The molecule has 1 aromatic rings. The molecule has 3 N–H and O–H groups in total. The lowest BCUT2D eigenvalue weighted by Crippen LogP contribution is -2.44. The van der Waals surface area contributed by atoms with Crippen LogP contribution < -0.4 is 11.2 Å². The summed E-state index contributed by atoms with van der Waals surface area (Å²) in [5.74, 6) is -0.381. The summed E-state index contributed by atoms with van der Waals surface area (Å²) in [6, 6.07) is -0.633. The SMILES string of the molecule is CC(=O)N1[C@H](C)[C@@H](O)[C@@H](O)[C@@H]1n1cc(C)c(=O)[nH]c1=O. The van der Waals surface area contributed by atoms with E-state index in [0.717, 1.165) is 4.57 Å². The van der Waals surface area contributed by atoms with Gasteiger partial charge in [-0.2, -0.15) is 0 Å².